The van der Waals surface area contributed by atoms with Crippen molar-refractivity contribution in [3.63, 3.8) is 0 Å². The predicted octanol–water partition coefficient (Wildman–Crippen LogP) is 5.96. The number of hydrogen-bond donors (Lipinski definition) is 0. The summed E-state index contributed by atoms with van der Waals surface area (Å²) < 4.78 is 0. The number of piperidine rings is 2. The van der Waals surface area contributed by atoms with Crippen LogP contribution in [0.15, 0.2) is 0 Å². The van der Waals surface area contributed by atoms with Crippen LogP contribution in [0.2, 0.25) is 0 Å². The Hall–Kier alpha value is -0.0800. The van der Waals surface area contributed by atoms with Crippen LogP contribution in [0.1, 0.15) is 97.3 Å². The smallest absolute Gasteiger partial charge is 0.00221 e. The molecule has 0 aromatic heterocycles. The summed E-state index contributed by atoms with van der Waals surface area (Å²) in [4.78, 5) is 5.61. The Morgan fingerprint density at radius 1 is 0.520 bits per heavy atom. The van der Waals surface area contributed by atoms with Crippen LogP contribution >= 0.6 is 0 Å². The molecule has 2 heteroatoms. The van der Waals surface area contributed by atoms with Crippen molar-refractivity contribution in [2.24, 2.45) is 11.8 Å². The Labute approximate surface area is 158 Å². The quantitative estimate of drug-likeness (QED) is 0.357. The third-order valence-electron chi connectivity index (χ3n) is 6.39. The molecule has 2 heterocycles. The molecular weight excluding hydrogens is 304 g/mol. The van der Waals surface area contributed by atoms with Gasteiger partial charge in [-0.3, -0.25) is 0 Å². The lowest BCUT2D eigenvalue weighted by Gasteiger charge is -2.46. The molecule has 2 bridgehead atoms. The highest BCUT2D eigenvalue weighted by atomic mass is 15.2. The first-order chi connectivity index (χ1) is 12.3. The van der Waals surface area contributed by atoms with Crippen molar-refractivity contribution >= 4 is 0 Å². The van der Waals surface area contributed by atoms with E-state index in [0.717, 1.165) is 11.8 Å². The van der Waals surface area contributed by atoms with Crippen LogP contribution in [-0.4, -0.2) is 49.1 Å². The van der Waals surface area contributed by atoms with Crippen LogP contribution in [0.4, 0.5) is 0 Å². The van der Waals surface area contributed by atoms with E-state index in [-0.39, 0.29) is 0 Å². The second-order valence-corrected chi connectivity index (χ2v) is 9.02. The molecule has 25 heavy (non-hydrogen) atoms. The number of likely N-dealkylation sites (tertiary alicyclic amines) is 2. The molecule has 0 unspecified atom stereocenters. The van der Waals surface area contributed by atoms with E-state index in [1.165, 1.54) is 123 Å². The fraction of sp³-hybridized carbons (Fsp3) is 1.00. The Kier molecular flexibility index (Phi) is 11.2. The Morgan fingerprint density at radius 3 is 1.28 bits per heavy atom. The van der Waals surface area contributed by atoms with Crippen molar-refractivity contribution in [3.05, 3.63) is 0 Å². The maximum atomic E-state index is 2.81. The average Bonchev–Trinajstić information content (AvgIpc) is 2.60. The van der Waals surface area contributed by atoms with Crippen molar-refractivity contribution < 1.29 is 0 Å². The van der Waals surface area contributed by atoms with Crippen LogP contribution in [0.25, 0.3) is 0 Å². The zero-order valence-electron chi connectivity index (χ0n) is 17.5. The fourth-order valence-electron chi connectivity index (χ4n) is 5.09. The van der Waals surface area contributed by atoms with E-state index in [0.29, 0.717) is 0 Å². The van der Waals surface area contributed by atoms with Crippen molar-refractivity contribution in [1.82, 2.24) is 9.80 Å². The lowest BCUT2D eigenvalue weighted by molar-refractivity contribution is 0.0299. The highest BCUT2D eigenvalue weighted by Gasteiger charge is 2.33. The van der Waals surface area contributed by atoms with Gasteiger partial charge in [0, 0.05) is 26.2 Å². The Balaban J connectivity index is 1.53. The molecule has 2 saturated heterocycles. The standard InChI is InChI=1S/C23H46N2/c1-3-5-7-9-11-13-15-24-18-22-17-23(19-24)21-25(20-22)16-14-12-10-8-6-4-2/h22-23H,3-21H2,1-2H3. The van der Waals surface area contributed by atoms with Gasteiger partial charge in [-0.15, -0.1) is 0 Å². The largest absolute Gasteiger partial charge is 0.303 e. The third kappa shape index (κ3) is 8.91. The Bertz CT molecular complexity index is 275. The molecule has 0 amide bonds. The van der Waals surface area contributed by atoms with E-state index < -0.39 is 0 Å². The molecule has 2 nitrogen and oxygen atoms in total. The first kappa shape index (κ1) is 21.2. The summed E-state index contributed by atoms with van der Waals surface area (Å²) in [5, 5.41) is 0. The normalized spacial score (nSPS) is 24.7. The predicted molar refractivity (Wildman–Crippen MR) is 111 cm³/mol. The van der Waals surface area contributed by atoms with Crippen LogP contribution in [-0.2, 0) is 0 Å². The zero-order chi connectivity index (χ0) is 17.7. The molecular formula is C23H46N2. The van der Waals surface area contributed by atoms with Crippen LogP contribution < -0.4 is 0 Å². The van der Waals surface area contributed by atoms with Crippen molar-refractivity contribution in [1.29, 1.82) is 0 Å². The lowest BCUT2D eigenvalue weighted by atomic mass is 9.84. The van der Waals surface area contributed by atoms with E-state index >= 15 is 0 Å². The molecule has 0 aromatic rings. The number of nitrogens with zero attached hydrogens (tertiary/aromatic N) is 2. The second kappa shape index (κ2) is 13.1. The van der Waals surface area contributed by atoms with Crippen molar-refractivity contribution in [3.8, 4) is 0 Å². The molecule has 0 atom stereocenters. The minimum Gasteiger partial charge on any atom is -0.303 e. The summed E-state index contributed by atoms with van der Waals surface area (Å²) in [6.07, 6.45) is 18.7. The van der Waals surface area contributed by atoms with Gasteiger partial charge in [-0.05, 0) is 44.2 Å². The first-order valence-corrected chi connectivity index (χ1v) is 11.8. The van der Waals surface area contributed by atoms with Crippen molar-refractivity contribution in [2.75, 3.05) is 39.3 Å². The molecule has 0 saturated carbocycles. The number of hydrogen-bond acceptors (Lipinski definition) is 2. The van der Waals surface area contributed by atoms with Crippen LogP contribution in [0.3, 0.4) is 0 Å². The highest BCUT2D eigenvalue weighted by Crippen LogP contribution is 2.29. The maximum absolute atomic E-state index is 2.81. The first-order valence-electron chi connectivity index (χ1n) is 11.8. The summed E-state index contributed by atoms with van der Waals surface area (Å²) >= 11 is 0. The summed E-state index contributed by atoms with van der Waals surface area (Å²) in [6, 6.07) is 0. The zero-order valence-corrected chi connectivity index (χ0v) is 17.5. The molecule has 0 aliphatic carbocycles. The number of fused-ring (bicyclic) bond motifs is 2. The topological polar surface area (TPSA) is 6.48 Å². The van der Waals surface area contributed by atoms with Gasteiger partial charge >= 0.3 is 0 Å². The van der Waals surface area contributed by atoms with Gasteiger partial charge in [-0.2, -0.15) is 0 Å². The van der Waals surface area contributed by atoms with Crippen LogP contribution in [0, 0.1) is 11.8 Å². The van der Waals surface area contributed by atoms with Gasteiger partial charge in [0.15, 0.2) is 0 Å². The Morgan fingerprint density at radius 2 is 0.880 bits per heavy atom. The molecule has 0 aromatic carbocycles. The number of rotatable bonds is 14. The van der Waals surface area contributed by atoms with Gasteiger partial charge in [0.2, 0.25) is 0 Å². The highest BCUT2D eigenvalue weighted by molar-refractivity contribution is 4.87. The molecule has 2 aliphatic rings. The van der Waals surface area contributed by atoms with Gasteiger partial charge in [0.25, 0.3) is 0 Å². The molecule has 148 valence electrons. The lowest BCUT2D eigenvalue weighted by Crippen LogP contribution is -2.52. The van der Waals surface area contributed by atoms with Gasteiger partial charge < -0.3 is 9.80 Å². The van der Waals surface area contributed by atoms with Gasteiger partial charge in [0.1, 0.15) is 0 Å². The number of unbranched alkanes of at least 4 members (excludes halogenated alkanes) is 10. The van der Waals surface area contributed by atoms with Gasteiger partial charge in [-0.1, -0.05) is 78.1 Å². The van der Waals surface area contributed by atoms with Gasteiger partial charge in [-0.25, -0.2) is 0 Å². The summed E-state index contributed by atoms with van der Waals surface area (Å²) in [6.45, 7) is 12.9. The van der Waals surface area contributed by atoms with Crippen LogP contribution in [0.5, 0.6) is 0 Å². The van der Waals surface area contributed by atoms with E-state index in [4.69, 9.17) is 0 Å². The van der Waals surface area contributed by atoms with E-state index in [9.17, 15) is 0 Å². The molecule has 0 spiro atoms. The molecule has 0 radical (unpaired) electrons. The fourth-order valence-corrected chi connectivity index (χ4v) is 5.09. The molecule has 0 N–H and O–H groups in total. The summed E-state index contributed by atoms with van der Waals surface area (Å²) in [5.74, 6) is 1.93. The molecule has 2 fully saturated rings. The minimum atomic E-state index is 0.965. The van der Waals surface area contributed by atoms with E-state index in [1.807, 2.05) is 0 Å². The molecule has 2 rings (SSSR count). The van der Waals surface area contributed by atoms with Crippen molar-refractivity contribution in [2.45, 2.75) is 97.3 Å². The van der Waals surface area contributed by atoms with Gasteiger partial charge in [0.05, 0.1) is 0 Å². The summed E-state index contributed by atoms with van der Waals surface area (Å²) in [7, 11) is 0. The minimum absolute atomic E-state index is 0.965. The third-order valence-corrected chi connectivity index (χ3v) is 6.39. The maximum Gasteiger partial charge on any atom is 0.00221 e. The second-order valence-electron chi connectivity index (χ2n) is 9.02. The van der Waals surface area contributed by atoms with E-state index in [2.05, 4.69) is 23.6 Å². The average molecular weight is 351 g/mol. The summed E-state index contributed by atoms with van der Waals surface area (Å²) in [5.41, 5.74) is 0. The monoisotopic (exact) mass is 350 g/mol. The van der Waals surface area contributed by atoms with E-state index in [1.54, 1.807) is 0 Å². The molecule has 2 aliphatic heterocycles. The SMILES string of the molecule is CCCCCCCCN1CC2CC(C1)CN(CCCCCCCC)C2.